The van der Waals surface area contributed by atoms with E-state index in [-0.39, 0.29) is 24.2 Å². The maximum Gasteiger partial charge on any atom is 0.160 e. The molecule has 3 aromatic rings. The molecule has 0 fully saturated rings. The number of hydrogen-bond donors (Lipinski definition) is 2. The zero-order valence-corrected chi connectivity index (χ0v) is 14.0. The van der Waals surface area contributed by atoms with E-state index in [2.05, 4.69) is 52.5 Å². The Morgan fingerprint density at radius 2 is 1.96 bits per heavy atom. The summed E-state index contributed by atoms with van der Waals surface area (Å²) in [6.45, 7) is 0.783. The smallest absolute Gasteiger partial charge is 0.160 e. The summed E-state index contributed by atoms with van der Waals surface area (Å²) in [5.41, 5.74) is 4.70. The maximum absolute atomic E-state index is 9.84. The van der Waals surface area contributed by atoms with Gasteiger partial charge in [0.15, 0.2) is 11.5 Å². The third-order valence-corrected chi connectivity index (χ3v) is 4.36. The molecular weight excluding hydrogens is 324 g/mol. The minimum atomic E-state index is 0. The topological polar surface area (TPSA) is 46.4 Å². The molecule has 0 bridgehead atoms. The summed E-state index contributed by atoms with van der Waals surface area (Å²) in [7, 11) is 1.57. The number of halogens is 1. The predicted octanol–water partition coefficient (Wildman–Crippen LogP) is 0.388. The van der Waals surface area contributed by atoms with Crippen LogP contribution in [0.1, 0.15) is 22.9 Å². The SMILES string of the molecule is COc1cc(C2NCc3ccccc3-n3cccc32)ccc1O.[Cl-]. The van der Waals surface area contributed by atoms with Crippen molar-refractivity contribution < 1.29 is 22.3 Å². The first-order valence-corrected chi connectivity index (χ1v) is 7.64. The Bertz CT molecular complexity index is 860. The van der Waals surface area contributed by atoms with Crippen LogP contribution in [0.5, 0.6) is 11.5 Å². The number of aromatic hydroxyl groups is 1. The standard InChI is InChI=1S/C19H18N2O2.ClH/c1-23-18-11-13(8-9-17(18)22)19-16-7-4-10-21(16)15-6-3-2-5-14(15)12-20-19;/h2-11,19-20,22H,12H2,1H3;1H/p-1. The highest BCUT2D eigenvalue weighted by atomic mass is 35.5. The van der Waals surface area contributed by atoms with Crippen molar-refractivity contribution in [2.75, 3.05) is 7.11 Å². The summed E-state index contributed by atoms with van der Waals surface area (Å²) < 4.78 is 7.48. The van der Waals surface area contributed by atoms with Gasteiger partial charge in [0.05, 0.1) is 13.2 Å². The molecule has 0 spiro atoms. The van der Waals surface area contributed by atoms with Crippen LogP contribution in [0.3, 0.4) is 0 Å². The van der Waals surface area contributed by atoms with E-state index in [1.807, 2.05) is 12.1 Å². The van der Waals surface area contributed by atoms with Crippen molar-refractivity contribution >= 4 is 0 Å². The minimum Gasteiger partial charge on any atom is -1.00 e. The van der Waals surface area contributed by atoms with Crippen molar-refractivity contribution in [2.24, 2.45) is 0 Å². The normalized spacial score (nSPS) is 15.6. The molecule has 0 saturated heterocycles. The molecule has 4 rings (SSSR count). The van der Waals surface area contributed by atoms with Gasteiger partial charge in [0.2, 0.25) is 0 Å². The van der Waals surface area contributed by atoms with Crippen molar-refractivity contribution in [1.82, 2.24) is 9.88 Å². The van der Waals surface area contributed by atoms with Gasteiger partial charge in [-0.25, -0.2) is 0 Å². The van der Waals surface area contributed by atoms with E-state index in [9.17, 15) is 5.11 Å². The number of methoxy groups -OCH3 is 1. The van der Waals surface area contributed by atoms with Crippen molar-refractivity contribution in [3.05, 3.63) is 77.6 Å². The lowest BCUT2D eigenvalue weighted by molar-refractivity contribution is -0.00000576. The van der Waals surface area contributed by atoms with Crippen molar-refractivity contribution in [3.63, 3.8) is 0 Å². The fourth-order valence-corrected chi connectivity index (χ4v) is 3.22. The average molecular weight is 342 g/mol. The van der Waals surface area contributed by atoms with Crippen LogP contribution in [0.15, 0.2) is 60.8 Å². The lowest BCUT2D eigenvalue weighted by atomic mass is 10.0. The summed E-state index contributed by atoms with van der Waals surface area (Å²) in [6.07, 6.45) is 2.09. The van der Waals surface area contributed by atoms with Crippen LogP contribution in [0.2, 0.25) is 0 Å². The first-order valence-electron chi connectivity index (χ1n) is 7.64. The number of nitrogens with zero attached hydrogens (tertiary/aromatic N) is 1. The Kier molecular flexibility index (Phi) is 4.51. The molecule has 1 aliphatic heterocycles. The van der Waals surface area contributed by atoms with E-state index in [0.717, 1.165) is 12.1 Å². The van der Waals surface area contributed by atoms with Gasteiger partial charge in [-0.2, -0.15) is 0 Å². The van der Waals surface area contributed by atoms with Gasteiger partial charge in [0.1, 0.15) is 0 Å². The molecule has 0 saturated carbocycles. The van der Waals surface area contributed by atoms with E-state index in [1.165, 1.54) is 16.9 Å². The molecule has 1 aromatic heterocycles. The fourth-order valence-electron chi connectivity index (χ4n) is 3.22. The quantitative estimate of drug-likeness (QED) is 0.709. The van der Waals surface area contributed by atoms with Crippen molar-refractivity contribution in [2.45, 2.75) is 12.6 Å². The van der Waals surface area contributed by atoms with Gasteiger partial charge in [0.25, 0.3) is 0 Å². The number of hydrogen-bond acceptors (Lipinski definition) is 3. The van der Waals surface area contributed by atoms with Gasteiger partial charge in [-0.1, -0.05) is 24.3 Å². The molecule has 5 heteroatoms. The second-order valence-electron chi connectivity index (χ2n) is 5.68. The lowest BCUT2D eigenvalue weighted by Gasteiger charge is -2.19. The number of nitrogens with one attached hydrogen (secondary N) is 1. The first-order chi connectivity index (χ1) is 11.3. The number of fused-ring (bicyclic) bond motifs is 3. The highest BCUT2D eigenvalue weighted by Gasteiger charge is 2.23. The molecule has 2 N–H and O–H groups in total. The Labute approximate surface area is 147 Å². The predicted molar refractivity (Wildman–Crippen MR) is 89.1 cm³/mol. The first kappa shape index (κ1) is 16.4. The van der Waals surface area contributed by atoms with Crippen LogP contribution >= 0.6 is 0 Å². The molecule has 1 unspecified atom stereocenters. The van der Waals surface area contributed by atoms with Crippen LogP contribution in [0.4, 0.5) is 0 Å². The van der Waals surface area contributed by atoms with Crippen LogP contribution in [0.25, 0.3) is 5.69 Å². The van der Waals surface area contributed by atoms with E-state index in [1.54, 1.807) is 13.2 Å². The summed E-state index contributed by atoms with van der Waals surface area (Å²) in [5.74, 6) is 0.646. The molecular formula is C19H18ClN2O2-. The molecule has 2 aromatic carbocycles. The summed E-state index contributed by atoms with van der Waals surface area (Å²) in [6, 6.07) is 18.1. The van der Waals surface area contributed by atoms with Gasteiger partial charge in [-0.05, 0) is 41.5 Å². The second kappa shape index (κ2) is 6.59. The number of phenolic OH excluding ortho intramolecular Hbond substituents is 1. The lowest BCUT2D eigenvalue weighted by Crippen LogP contribution is -3.00. The highest BCUT2D eigenvalue weighted by molar-refractivity contribution is 5.49. The summed E-state index contributed by atoms with van der Waals surface area (Å²) in [4.78, 5) is 0. The number of benzene rings is 2. The molecule has 0 amide bonds. The minimum absolute atomic E-state index is 0. The molecule has 2 heterocycles. The van der Waals surface area contributed by atoms with Crippen molar-refractivity contribution in [3.8, 4) is 17.2 Å². The molecule has 4 nitrogen and oxygen atoms in total. The highest BCUT2D eigenvalue weighted by Crippen LogP contribution is 2.34. The van der Waals surface area contributed by atoms with Crippen molar-refractivity contribution in [1.29, 1.82) is 0 Å². The second-order valence-corrected chi connectivity index (χ2v) is 5.68. The molecule has 1 aliphatic rings. The van der Waals surface area contributed by atoms with E-state index in [4.69, 9.17) is 4.74 Å². The van der Waals surface area contributed by atoms with Gasteiger partial charge < -0.3 is 32.1 Å². The van der Waals surface area contributed by atoms with Crippen LogP contribution in [-0.4, -0.2) is 16.8 Å². The summed E-state index contributed by atoms with van der Waals surface area (Å²) in [5, 5.41) is 13.4. The van der Waals surface area contributed by atoms with E-state index >= 15 is 0 Å². The number of para-hydroxylation sites is 1. The van der Waals surface area contributed by atoms with Gasteiger partial charge in [0, 0.05) is 24.1 Å². The van der Waals surface area contributed by atoms with Gasteiger partial charge in [-0.3, -0.25) is 0 Å². The zero-order valence-electron chi connectivity index (χ0n) is 13.2. The average Bonchev–Trinajstić information content (AvgIpc) is 3.00. The molecule has 1 atom stereocenters. The van der Waals surface area contributed by atoms with Gasteiger partial charge >= 0.3 is 0 Å². The Morgan fingerprint density at radius 1 is 1.12 bits per heavy atom. The van der Waals surface area contributed by atoms with Crippen LogP contribution in [0, 0.1) is 0 Å². The molecule has 124 valence electrons. The molecule has 24 heavy (non-hydrogen) atoms. The third kappa shape index (κ3) is 2.64. The van der Waals surface area contributed by atoms with E-state index in [0.29, 0.717) is 5.75 Å². The van der Waals surface area contributed by atoms with Crippen LogP contribution in [-0.2, 0) is 6.54 Å². The number of rotatable bonds is 2. The number of phenols is 1. The van der Waals surface area contributed by atoms with Crippen LogP contribution < -0.4 is 22.5 Å². The Morgan fingerprint density at radius 3 is 2.79 bits per heavy atom. The maximum atomic E-state index is 9.84. The fraction of sp³-hybridized carbons (Fsp3) is 0.158. The third-order valence-electron chi connectivity index (χ3n) is 4.36. The monoisotopic (exact) mass is 341 g/mol. The Hall–Kier alpha value is -2.43. The summed E-state index contributed by atoms with van der Waals surface area (Å²) >= 11 is 0. The van der Waals surface area contributed by atoms with Gasteiger partial charge in [-0.15, -0.1) is 0 Å². The number of aromatic nitrogens is 1. The Balaban J connectivity index is 0.00000169. The number of ether oxygens (including phenoxy) is 1. The van der Waals surface area contributed by atoms with E-state index < -0.39 is 0 Å². The molecule has 0 radical (unpaired) electrons. The largest absolute Gasteiger partial charge is 1.00 e. The zero-order chi connectivity index (χ0) is 15.8. The molecule has 0 aliphatic carbocycles.